The van der Waals surface area contributed by atoms with Gasteiger partial charge in [-0.1, -0.05) is 19.9 Å². The highest BCUT2D eigenvalue weighted by Gasteiger charge is 2.27. The van der Waals surface area contributed by atoms with E-state index >= 15 is 0 Å². The molecule has 0 saturated heterocycles. The van der Waals surface area contributed by atoms with Crippen molar-refractivity contribution < 1.29 is 9.50 Å². The molecule has 3 aromatic heterocycles. The van der Waals surface area contributed by atoms with Gasteiger partial charge in [0.2, 0.25) is 5.95 Å². The summed E-state index contributed by atoms with van der Waals surface area (Å²) in [7, 11) is 0. The lowest BCUT2D eigenvalue weighted by Crippen LogP contribution is -2.27. The number of aliphatic hydroxyl groups excluding tert-OH is 1. The van der Waals surface area contributed by atoms with Gasteiger partial charge in [0.05, 0.1) is 12.3 Å². The van der Waals surface area contributed by atoms with E-state index in [0.29, 0.717) is 29.3 Å². The maximum Gasteiger partial charge on any atom is 0.278 e. The Labute approximate surface area is 201 Å². The number of fused-ring (bicyclic) bond motifs is 2. The molecule has 0 aliphatic carbocycles. The molecule has 182 valence electrons. The predicted molar refractivity (Wildman–Crippen MR) is 132 cm³/mol. The lowest BCUT2D eigenvalue weighted by Gasteiger charge is -2.22. The molecule has 0 spiro atoms. The van der Waals surface area contributed by atoms with Crippen molar-refractivity contribution in [1.82, 2.24) is 29.6 Å². The van der Waals surface area contributed by atoms with Gasteiger partial charge < -0.3 is 15.7 Å². The summed E-state index contributed by atoms with van der Waals surface area (Å²) in [5.74, 6) is 0.156. The first-order chi connectivity index (χ1) is 16.8. The summed E-state index contributed by atoms with van der Waals surface area (Å²) in [5.41, 5.74) is 2.73. The average Bonchev–Trinajstić information content (AvgIpc) is 3.15. The van der Waals surface area contributed by atoms with Gasteiger partial charge in [0.1, 0.15) is 11.2 Å². The van der Waals surface area contributed by atoms with Gasteiger partial charge in [0.25, 0.3) is 5.56 Å². The summed E-state index contributed by atoms with van der Waals surface area (Å²) in [4.78, 5) is 26.6. The Morgan fingerprint density at radius 2 is 2.03 bits per heavy atom. The topological polar surface area (TPSA) is 110 Å². The summed E-state index contributed by atoms with van der Waals surface area (Å²) in [6.07, 6.45) is 2.45. The number of halogens is 1. The minimum atomic E-state index is -0.899. The van der Waals surface area contributed by atoms with Crippen LogP contribution in [0, 0.1) is 5.82 Å². The number of hydrogen-bond donors (Lipinski definition) is 3. The van der Waals surface area contributed by atoms with Gasteiger partial charge in [-0.15, -0.1) is 0 Å². The van der Waals surface area contributed by atoms with Crippen LogP contribution < -0.4 is 16.2 Å². The fraction of sp³-hybridized carbons (Fsp3) is 0.360. The zero-order chi connectivity index (χ0) is 24.7. The number of anilines is 2. The minimum absolute atomic E-state index is 0.116. The molecule has 0 amide bonds. The van der Waals surface area contributed by atoms with E-state index in [2.05, 4.69) is 37.7 Å². The summed E-state index contributed by atoms with van der Waals surface area (Å²) < 4.78 is 17.7. The second-order valence-corrected chi connectivity index (χ2v) is 9.34. The van der Waals surface area contributed by atoms with Crippen molar-refractivity contribution in [2.24, 2.45) is 0 Å². The van der Waals surface area contributed by atoms with Crippen molar-refractivity contribution in [2.45, 2.75) is 45.7 Å². The maximum atomic E-state index is 14.6. The lowest BCUT2D eigenvalue weighted by molar-refractivity contribution is 0.211. The van der Waals surface area contributed by atoms with Crippen molar-refractivity contribution in [2.75, 3.05) is 18.5 Å². The van der Waals surface area contributed by atoms with Gasteiger partial charge in [-0.3, -0.25) is 4.79 Å². The Bertz CT molecular complexity index is 1470. The van der Waals surface area contributed by atoms with Gasteiger partial charge in [0.15, 0.2) is 11.5 Å². The molecule has 10 heteroatoms. The maximum absolute atomic E-state index is 14.6. The molecule has 1 aliphatic heterocycles. The highest BCUT2D eigenvalue weighted by Crippen LogP contribution is 2.26. The number of nitrogens with zero attached hydrogens (tertiary/aromatic N) is 5. The van der Waals surface area contributed by atoms with Crippen LogP contribution >= 0.6 is 0 Å². The molecule has 4 heterocycles. The predicted octanol–water partition coefficient (Wildman–Crippen LogP) is 2.80. The highest BCUT2D eigenvalue weighted by molar-refractivity contribution is 5.77. The van der Waals surface area contributed by atoms with E-state index in [-0.39, 0.29) is 17.9 Å². The molecule has 3 N–H and O–H groups in total. The zero-order valence-corrected chi connectivity index (χ0v) is 20.0. The average molecular weight is 478 g/mol. The fourth-order valence-electron chi connectivity index (χ4n) is 4.39. The standard InChI is InChI=1S/C25H28FN7O2/c1-4-32-23(35)18-13-28-24(29-17-6-5-16-12-27-10-9-15(16)11-17)31-22(18)33(32)20-8-7-19(26)21(30-20)25(2,3)14-34/h5-8,11,13,27,34H,4,9-10,12,14H2,1-3H3,(H,28,29,31). The molecular formula is C25H28FN7O2. The third kappa shape index (κ3) is 4.08. The summed E-state index contributed by atoms with van der Waals surface area (Å²) in [5, 5.41) is 16.7. The first-order valence-corrected chi connectivity index (χ1v) is 11.7. The van der Waals surface area contributed by atoms with Crippen LogP contribution in [0.4, 0.5) is 16.0 Å². The fourth-order valence-corrected chi connectivity index (χ4v) is 4.39. The van der Waals surface area contributed by atoms with Crippen LogP contribution in [0.2, 0.25) is 0 Å². The zero-order valence-electron chi connectivity index (χ0n) is 20.0. The van der Waals surface area contributed by atoms with Gasteiger partial charge in [-0.05, 0) is 55.3 Å². The first-order valence-electron chi connectivity index (χ1n) is 11.7. The molecule has 1 aliphatic rings. The quantitative estimate of drug-likeness (QED) is 0.392. The van der Waals surface area contributed by atoms with E-state index in [4.69, 9.17) is 0 Å². The molecule has 5 rings (SSSR count). The molecule has 1 aromatic carbocycles. The summed E-state index contributed by atoms with van der Waals surface area (Å²) >= 11 is 0. The van der Waals surface area contributed by atoms with Crippen LogP contribution in [0.1, 0.15) is 37.6 Å². The number of benzene rings is 1. The van der Waals surface area contributed by atoms with Crippen molar-refractivity contribution in [3.05, 3.63) is 69.5 Å². The molecular weight excluding hydrogens is 449 g/mol. The second-order valence-electron chi connectivity index (χ2n) is 9.34. The van der Waals surface area contributed by atoms with Gasteiger partial charge in [-0.25, -0.2) is 23.7 Å². The van der Waals surface area contributed by atoms with Crippen LogP contribution in [0.25, 0.3) is 16.9 Å². The second kappa shape index (κ2) is 8.86. The Balaban J connectivity index is 1.62. The minimum Gasteiger partial charge on any atom is -0.395 e. The molecule has 0 bridgehead atoms. The van der Waals surface area contributed by atoms with Gasteiger partial charge in [-0.2, -0.15) is 4.98 Å². The van der Waals surface area contributed by atoms with Crippen molar-refractivity contribution >= 4 is 22.7 Å². The normalized spacial score (nSPS) is 13.7. The van der Waals surface area contributed by atoms with Crippen molar-refractivity contribution in [1.29, 1.82) is 0 Å². The molecule has 0 fully saturated rings. The molecule has 0 saturated carbocycles. The first kappa shape index (κ1) is 23.1. The summed E-state index contributed by atoms with van der Waals surface area (Å²) in [6, 6.07) is 8.96. The number of nitrogens with one attached hydrogen (secondary N) is 2. The number of aliphatic hydroxyl groups is 1. The third-order valence-electron chi connectivity index (χ3n) is 6.41. The van der Waals surface area contributed by atoms with Crippen LogP contribution in [-0.2, 0) is 24.9 Å². The Hall–Kier alpha value is -3.63. The molecule has 4 aromatic rings. The Morgan fingerprint density at radius 1 is 1.20 bits per heavy atom. The van der Waals surface area contributed by atoms with Gasteiger partial charge >= 0.3 is 0 Å². The number of pyridine rings is 1. The number of aromatic nitrogens is 5. The van der Waals surface area contributed by atoms with Crippen LogP contribution in [0.3, 0.4) is 0 Å². The molecule has 0 radical (unpaired) electrons. The monoisotopic (exact) mass is 477 g/mol. The van der Waals surface area contributed by atoms with E-state index in [1.54, 1.807) is 18.5 Å². The van der Waals surface area contributed by atoms with E-state index in [1.807, 2.05) is 13.0 Å². The molecule has 9 nitrogen and oxygen atoms in total. The third-order valence-corrected chi connectivity index (χ3v) is 6.41. The summed E-state index contributed by atoms with van der Waals surface area (Å²) in [6.45, 7) is 7.13. The van der Waals surface area contributed by atoms with Crippen LogP contribution in [-0.4, -0.2) is 42.6 Å². The number of rotatable bonds is 6. The van der Waals surface area contributed by atoms with Crippen molar-refractivity contribution in [3.63, 3.8) is 0 Å². The molecule has 35 heavy (non-hydrogen) atoms. The van der Waals surface area contributed by atoms with Crippen molar-refractivity contribution in [3.8, 4) is 5.82 Å². The largest absolute Gasteiger partial charge is 0.395 e. The molecule has 0 unspecified atom stereocenters. The smallest absolute Gasteiger partial charge is 0.278 e. The Kier molecular flexibility index (Phi) is 5.86. The highest BCUT2D eigenvalue weighted by atomic mass is 19.1. The van der Waals surface area contributed by atoms with Gasteiger partial charge in [0, 0.05) is 30.4 Å². The van der Waals surface area contributed by atoms with Crippen LogP contribution in [0.5, 0.6) is 0 Å². The lowest BCUT2D eigenvalue weighted by atomic mass is 9.89. The SMILES string of the molecule is CCn1c(=O)c2cnc(Nc3ccc4c(c3)CCNC4)nc2n1-c1ccc(F)c(C(C)(C)CO)n1. The van der Waals surface area contributed by atoms with E-state index in [0.717, 1.165) is 25.2 Å². The molecule has 0 atom stereocenters. The van der Waals surface area contributed by atoms with E-state index in [9.17, 15) is 14.3 Å². The van der Waals surface area contributed by atoms with Crippen LogP contribution in [0.15, 0.2) is 41.3 Å². The van der Waals surface area contributed by atoms with E-state index in [1.165, 1.54) is 34.1 Å². The van der Waals surface area contributed by atoms with E-state index < -0.39 is 11.2 Å². The Morgan fingerprint density at radius 3 is 2.80 bits per heavy atom. The number of hydrogen-bond acceptors (Lipinski definition) is 7.